The maximum absolute atomic E-state index is 13.8. The van der Waals surface area contributed by atoms with Gasteiger partial charge in [0.1, 0.15) is 5.82 Å². The molecular weight excluding hydrogens is 239 g/mol. The number of rotatable bonds is 4. The van der Waals surface area contributed by atoms with E-state index in [1.54, 1.807) is 12.1 Å². The van der Waals surface area contributed by atoms with Crippen molar-refractivity contribution in [2.24, 2.45) is 0 Å². The SMILES string of the molecule is CNC(CC1CCCN1)c1cc(Cl)ccc1F. The molecule has 1 saturated heterocycles. The molecule has 0 aromatic heterocycles. The lowest BCUT2D eigenvalue weighted by Crippen LogP contribution is -2.29. The van der Waals surface area contributed by atoms with E-state index in [2.05, 4.69) is 10.6 Å². The summed E-state index contributed by atoms with van der Waals surface area (Å²) in [4.78, 5) is 0. The van der Waals surface area contributed by atoms with Crippen molar-refractivity contribution >= 4 is 11.6 Å². The summed E-state index contributed by atoms with van der Waals surface area (Å²) in [6.45, 7) is 1.07. The molecular formula is C13H18ClFN2. The second kappa shape index (κ2) is 5.80. The quantitative estimate of drug-likeness (QED) is 0.866. The van der Waals surface area contributed by atoms with Crippen LogP contribution in [0.4, 0.5) is 4.39 Å². The van der Waals surface area contributed by atoms with Crippen LogP contribution in [0.5, 0.6) is 0 Å². The molecule has 0 saturated carbocycles. The van der Waals surface area contributed by atoms with E-state index in [-0.39, 0.29) is 11.9 Å². The summed E-state index contributed by atoms with van der Waals surface area (Å²) in [5, 5.41) is 7.19. The van der Waals surface area contributed by atoms with Crippen molar-refractivity contribution < 1.29 is 4.39 Å². The van der Waals surface area contributed by atoms with E-state index in [0.717, 1.165) is 13.0 Å². The van der Waals surface area contributed by atoms with Gasteiger partial charge in [-0.25, -0.2) is 4.39 Å². The van der Waals surface area contributed by atoms with E-state index in [4.69, 9.17) is 11.6 Å². The van der Waals surface area contributed by atoms with Crippen molar-refractivity contribution in [1.29, 1.82) is 0 Å². The monoisotopic (exact) mass is 256 g/mol. The summed E-state index contributed by atoms with van der Waals surface area (Å²) in [5.74, 6) is -0.188. The van der Waals surface area contributed by atoms with E-state index in [9.17, 15) is 4.39 Å². The lowest BCUT2D eigenvalue weighted by atomic mass is 9.98. The third kappa shape index (κ3) is 3.18. The van der Waals surface area contributed by atoms with E-state index in [1.165, 1.54) is 18.9 Å². The highest BCUT2D eigenvalue weighted by molar-refractivity contribution is 6.30. The van der Waals surface area contributed by atoms with Gasteiger partial charge in [-0.2, -0.15) is 0 Å². The summed E-state index contributed by atoms with van der Waals surface area (Å²) >= 11 is 5.92. The van der Waals surface area contributed by atoms with Crippen LogP contribution in [-0.2, 0) is 0 Å². The van der Waals surface area contributed by atoms with Gasteiger partial charge in [0.2, 0.25) is 0 Å². The van der Waals surface area contributed by atoms with Gasteiger partial charge in [0.15, 0.2) is 0 Å². The number of halogens is 2. The topological polar surface area (TPSA) is 24.1 Å². The molecule has 0 radical (unpaired) electrons. The number of benzene rings is 1. The fourth-order valence-corrected chi connectivity index (χ4v) is 2.60. The molecule has 0 aliphatic carbocycles. The van der Waals surface area contributed by atoms with Crippen LogP contribution in [0.2, 0.25) is 5.02 Å². The van der Waals surface area contributed by atoms with Gasteiger partial charge in [0.05, 0.1) is 0 Å². The predicted molar refractivity (Wildman–Crippen MR) is 68.9 cm³/mol. The maximum Gasteiger partial charge on any atom is 0.128 e. The van der Waals surface area contributed by atoms with Crippen LogP contribution in [0.15, 0.2) is 18.2 Å². The van der Waals surface area contributed by atoms with E-state index < -0.39 is 0 Å². The number of nitrogens with one attached hydrogen (secondary N) is 2. The van der Waals surface area contributed by atoms with Crippen LogP contribution in [0, 0.1) is 5.82 Å². The zero-order chi connectivity index (χ0) is 12.3. The second-order valence-corrected chi connectivity index (χ2v) is 4.97. The van der Waals surface area contributed by atoms with E-state index >= 15 is 0 Å². The molecule has 1 heterocycles. The van der Waals surface area contributed by atoms with Gasteiger partial charge in [-0.3, -0.25) is 0 Å². The minimum atomic E-state index is -0.188. The summed E-state index contributed by atoms with van der Waals surface area (Å²) in [6.07, 6.45) is 3.27. The van der Waals surface area contributed by atoms with Crippen molar-refractivity contribution in [3.63, 3.8) is 0 Å². The highest BCUT2D eigenvalue weighted by Crippen LogP contribution is 2.26. The van der Waals surface area contributed by atoms with Gasteiger partial charge in [0.25, 0.3) is 0 Å². The Morgan fingerprint density at radius 3 is 3.06 bits per heavy atom. The second-order valence-electron chi connectivity index (χ2n) is 4.54. The normalized spacial score (nSPS) is 21.7. The minimum Gasteiger partial charge on any atom is -0.314 e. The van der Waals surface area contributed by atoms with Crippen molar-refractivity contribution in [2.45, 2.75) is 31.3 Å². The first-order valence-corrected chi connectivity index (χ1v) is 6.44. The fourth-order valence-electron chi connectivity index (χ4n) is 2.42. The number of hydrogen-bond acceptors (Lipinski definition) is 2. The van der Waals surface area contributed by atoms with Crippen molar-refractivity contribution in [3.8, 4) is 0 Å². The largest absolute Gasteiger partial charge is 0.314 e. The Hall–Kier alpha value is -0.640. The fraction of sp³-hybridized carbons (Fsp3) is 0.538. The molecule has 1 fully saturated rings. The van der Waals surface area contributed by atoms with E-state index in [1.807, 2.05) is 7.05 Å². The molecule has 2 atom stereocenters. The molecule has 17 heavy (non-hydrogen) atoms. The van der Waals surface area contributed by atoms with Crippen LogP contribution in [0.25, 0.3) is 0 Å². The smallest absolute Gasteiger partial charge is 0.128 e. The Morgan fingerprint density at radius 1 is 1.59 bits per heavy atom. The first-order chi connectivity index (χ1) is 8.20. The molecule has 2 nitrogen and oxygen atoms in total. The third-order valence-electron chi connectivity index (χ3n) is 3.36. The highest BCUT2D eigenvalue weighted by Gasteiger charge is 2.21. The zero-order valence-electron chi connectivity index (χ0n) is 9.97. The van der Waals surface area contributed by atoms with Crippen molar-refractivity contribution in [2.75, 3.05) is 13.6 Å². The summed E-state index contributed by atoms with van der Waals surface area (Å²) in [6, 6.07) is 5.23. The molecule has 2 N–H and O–H groups in total. The van der Waals surface area contributed by atoms with Gasteiger partial charge in [-0.15, -0.1) is 0 Å². The average Bonchev–Trinajstić information content (AvgIpc) is 2.82. The van der Waals surface area contributed by atoms with Crippen LogP contribution >= 0.6 is 11.6 Å². The lowest BCUT2D eigenvalue weighted by molar-refractivity contribution is 0.439. The Balaban J connectivity index is 2.13. The molecule has 4 heteroatoms. The van der Waals surface area contributed by atoms with Gasteiger partial charge >= 0.3 is 0 Å². The zero-order valence-corrected chi connectivity index (χ0v) is 10.7. The minimum absolute atomic E-state index is 0.0179. The van der Waals surface area contributed by atoms with Crippen LogP contribution in [0.3, 0.4) is 0 Å². The van der Waals surface area contributed by atoms with Gasteiger partial charge in [-0.05, 0) is 51.1 Å². The molecule has 1 aliphatic heterocycles. The number of hydrogen-bond donors (Lipinski definition) is 2. The molecule has 1 aromatic carbocycles. The first kappa shape index (κ1) is 12.8. The summed E-state index contributed by atoms with van der Waals surface area (Å²) in [5.41, 5.74) is 0.661. The first-order valence-electron chi connectivity index (χ1n) is 6.06. The van der Waals surface area contributed by atoms with E-state index in [0.29, 0.717) is 16.6 Å². The lowest BCUT2D eigenvalue weighted by Gasteiger charge is -2.21. The molecule has 1 aliphatic rings. The van der Waals surface area contributed by atoms with Crippen LogP contribution in [-0.4, -0.2) is 19.6 Å². The molecule has 0 spiro atoms. The maximum atomic E-state index is 13.8. The Labute approximate surface area is 107 Å². The Kier molecular flexibility index (Phi) is 4.37. The summed E-state index contributed by atoms with van der Waals surface area (Å²) < 4.78 is 13.8. The van der Waals surface area contributed by atoms with Crippen LogP contribution < -0.4 is 10.6 Å². The van der Waals surface area contributed by atoms with Gasteiger partial charge in [0, 0.05) is 22.7 Å². The van der Waals surface area contributed by atoms with Crippen LogP contribution in [0.1, 0.15) is 30.9 Å². The standard InChI is InChI=1S/C13H18ClFN2/c1-16-13(8-10-3-2-6-17-10)11-7-9(14)4-5-12(11)15/h4-5,7,10,13,16-17H,2-3,6,8H2,1H3. The Morgan fingerprint density at radius 2 is 2.41 bits per heavy atom. The third-order valence-corrected chi connectivity index (χ3v) is 3.60. The highest BCUT2D eigenvalue weighted by atomic mass is 35.5. The molecule has 1 aromatic rings. The van der Waals surface area contributed by atoms with Crippen molar-refractivity contribution in [3.05, 3.63) is 34.6 Å². The van der Waals surface area contributed by atoms with Gasteiger partial charge in [-0.1, -0.05) is 11.6 Å². The molecule has 2 rings (SSSR count). The van der Waals surface area contributed by atoms with Crippen molar-refractivity contribution in [1.82, 2.24) is 10.6 Å². The molecule has 0 amide bonds. The molecule has 2 unspecified atom stereocenters. The molecule has 0 bridgehead atoms. The summed E-state index contributed by atoms with van der Waals surface area (Å²) in [7, 11) is 1.86. The van der Waals surface area contributed by atoms with Gasteiger partial charge < -0.3 is 10.6 Å². The molecule has 94 valence electrons. The average molecular weight is 257 g/mol. The Bertz CT molecular complexity index is 378. The predicted octanol–water partition coefficient (Wildman–Crippen LogP) is 2.88.